The topological polar surface area (TPSA) is 222 Å². The van der Waals surface area contributed by atoms with Gasteiger partial charge in [0, 0.05) is 153 Å². The molecule has 1 aromatic heterocycles. The van der Waals surface area contributed by atoms with Crippen LogP contribution in [-0.4, -0.2) is 202 Å². The maximum Gasteiger partial charge on any atom is 0.322 e. The van der Waals surface area contributed by atoms with Crippen LogP contribution in [0.15, 0.2) is 90.6 Å². The van der Waals surface area contributed by atoms with Crippen LogP contribution < -0.4 is 19.3 Å². The van der Waals surface area contributed by atoms with E-state index in [1.54, 1.807) is 35.0 Å². The Bertz CT molecular complexity index is 4240. The standard InChI is InChI=1S/C48H60N4O8.C27H36N2O6.C7H4.CH4/c1-8-30-22-31-25-47(44(55)58-7,40-33(16-20-51(26-30)27-31)32-14-11-12-15-36(32)49-40)35-23-34-37(24-38(35)57-6)50(5)42-46(34)18-21-52-19-13-17-45(10-3,41(46)52)43(60-29(4)53)48(42,56)28-59-39(54)9-2;1-6-21(31)34-16-27(32)23-26(19-10-9-18(33-5)15-20(19)28(23)4)12-14-29-13-8-11-25(7-2,22(26)29)24(27)35-17(3)30;1-3-5-7-6-4-2;/h11-15,17,22-24,31,41-43,49,56H,8-10,16,18-21,25-28H2,1-7H3;8-11,15,22-24,32H,6-7,12-14,16H2,1-5H3;1H,2H3;1H4/t31-,41?,42+,43+,45+,46+,47-,48-;22?,23-,24-,25-,26-,27+;;/m01../s1. The molecule has 3 aromatic carbocycles. The van der Waals surface area contributed by atoms with Crippen molar-refractivity contribution in [3.63, 3.8) is 0 Å². The number of benzene rings is 3. The van der Waals surface area contributed by atoms with Crippen molar-refractivity contribution in [1.29, 1.82) is 0 Å². The number of nitrogens with zero attached hydrogens (tertiary/aromatic N) is 5. The number of esters is 5. The van der Waals surface area contributed by atoms with Gasteiger partial charge in [-0.05, 0) is 129 Å². The number of rotatable bonds is 15. The van der Waals surface area contributed by atoms with Crippen molar-refractivity contribution in [1.82, 2.24) is 19.7 Å². The lowest BCUT2D eigenvalue weighted by Crippen LogP contribution is -2.80. The molecule has 103 heavy (non-hydrogen) atoms. The van der Waals surface area contributed by atoms with E-state index in [0.29, 0.717) is 43.5 Å². The first-order valence-electron chi connectivity index (χ1n) is 36.3. The van der Waals surface area contributed by atoms with Gasteiger partial charge in [-0.25, -0.2) is 0 Å². The van der Waals surface area contributed by atoms with Crippen LogP contribution in [0.4, 0.5) is 11.4 Å². The molecule has 14 rings (SSSR count). The number of H-pyrrole nitrogens is 1. The average molecular weight is 1410 g/mol. The van der Waals surface area contributed by atoms with Gasteiger partial charge in [-0.2, -0.15) is 0 Å². The van der Waals surface area contributed by atoms with Gasteiger partial charge in [0.25, 0.3) is 0 Å². The fourth-order valence-corrected chi connectivity index (χ4v) is 21.3. The van der Waals surface area contributed by atoms with Gasteiger partial charge in [0.15, 0.2) is 11.2 Å². The Morgan fingerprint density at radius 3 is 1.78 bits per heavy atom. The van der Waals surface area contributed by atoms with Crippen LogP contribution in [0.25, 0.3) is 10.9 Å². The molecule has 2 saturated carbocycles. The molecule has 0 amide bonds. The molecule has 10 aliphatic rings. The van der Waals surface area contributed by atoms with Crippen LogP contribution in [0.1, 0.15) is 142 Å². The Hall–Kier alpha value is -8.55. The second kappa shape index (κ2) is 29.2. The van der Waals surface area contributed by atoms with E-state index >= 15 is 4.79 Å². The fourth-order valence-electron chi connectivity index (χ4n) is 21.3. The largest absolute Gasteiger partial charge is 0.497 e. The molecule has 3 N–H and O–H groups in total. The number of hydrogen-bond donors (Lipinski definition) is 3. The highest BCUT2D eigenvalue weighted by Gasteiger charge is 2.80. The molecule has 0 radical (unpaired) electrons. The summed E-state index contributed by atoms with van der Waals surface area (Å²) in [6.07, 6.45) is 19.0. The molecule has 2 saturated heterocycles. The molecule has 550 valence electrons. The van der Waals surface area contributed by atoms with Crippen LogP contribution in [0.2, 0.25) is 0 Å². The number of ether oxygens (including phenoxy) is 7. The third kappa shape index (κ3) is 11.6. The minimum Gasteiger partial charge on any atom is -0.497 e. The fraction of sp³-hybridized carbons (Fsp3) is 0.554. The maximum atomic E-state index is 15.3. The van der Waals surface area contributed by atoms with E-state index in [0.717, 1.165) is 109 Å². The number of carbonyl (C=O) groups is 5. The maximum absolute atomic E-state index is 15.3. The van der Waals surface area contributed by atoms with Crippen molar-refractivity contribution in [3.8, 4) is 47.5 Å². The Morgan fingerprint density at radius 2 is 1.26 bits per heavy atom. The van der Waals surface area contributed by atoms with Gasteiger partial charge < -0.3 is 58.2 Å². The summed E-state index contributed by atoms with van der Waals surface area (Å²) in [5.74, 6) is 11.1. The van der Waals surface area contributed by atoms with Gasteiger partial charge in [0.2, 0.25) is 0 Å². The van der Waals surface area contributed by atoms with E-state index in [4.69, 9.17) is 39.6 Å². The zero-order valence-electron chi connectivity index (χ0n) is 61.5. The molecule has 4 aromatic rings. The number of carbonyl (C=O) groups excluding carboxylic acids is 5. The van der Waals surface area contributed by atoms with E-state index < -0.39 is 86.4 Å². The quantitative estimate of drug-likeness (QED) is 0.0436. The van der Waals surface area contributed by atoms with Gasteiger partial charge in [-0.1, -0.05) is 108 Å². The predicted octanol–water partition coefficient (Wildman–Crippen LogP) is 9.28. The van der Waals surface area contributed by atoms with Crippen LogP contribution >= 0.6 is 0 Å². The monoisotopic (exact) mass is 1410 g/mol. The highest BCUT2D eigenvalue weighted by atomic mass is 16.6. The van der Waals surface area contributed by atoms with Crippen LogP contribution in [0.5, 0.6) is 11.5 Å². The number of nitrogens with one attached hydrogen (secondary N) is 1. The summed E-state index contributed by atoms with van der Waals surface area (Å²) in [5, 5.41) is 27.4. The van der Waals surface area contributed by atoms with Gasteiger partial charge in [0.1, 0.15) is 42.3 Å². The molecule has 4 fully saturated rings. The van der Waals surface area contributed by atoms with E-state index in [-0.39, 0.29) is 57.5 Å². The second-order valence-electron chi connectivity index (χ2n) is 29.4. The lowest BCUT2D eigenvalue weighted by atomic mass is 9.47. The van der Waals surface area contributed by atoms with Gasteiger partial charge in [0.05, 0.1) is 33.4 Å². The smallest absolute Gasteiger partial charge is 0.322 e. The van der Waals surface area contributed by atoms with Crippen molar-refractivity contribution in [3.05, 3.63) is 118 Å². The highest BCUT2D eigenvalue weighted by Crippen LogP contribution is 2.70. The lowest BCUT2D eigenvalue weighted by molar-refractivity contribution is -0.232. The van der Waals surface area contributed by atoms with E-state index in [9.17, 15) is 29.4 Å². The number of anilines is 2. The minimum atomic E-state index is -1.84. The Balaban J connectivity index is 0.000000209. The van der Waals surface area contributed by atoms with Crippen molar-refractivity contribution < 1.29 is 67.3 Å². The first-order chi connectivity index (χ1) is 49.0. The van der Waals surface area contributed by atoms with Crippen molar-refractivity contribution in [2.24, 2.45) is 16.7 Å². The van der Waals surface area contributed by atoms with Crippen molar-refractivity contribution >= 4 is 52.1 Å². The summed E-state index contributed by atoms with van der Waals surface area (Å²) in [7, 11) is 8.71. The Kier molecular flexibility index (Phi) is 21.4. The zero-order chi connectivity index (χ0) is 73.1. The summed E-state index contributed by atoms with van der Waals surface area (Å²) in [6.45, 7) is 19.4. The van der Waals surface area contributed by atoms with Crippen molar-refractivity contribution in [2.45, 2.75) is 184 Å². The molecule has 20 nitrogen and oxygen atoms in total. The molecular formula is C83H104N6O14. The molecular weight excluding hydrogens is 1300 g/mol. The van der Waals surface area contributed by atoms with Crippen LogP contribution in [0, 0.1) is 52.8 Å². The molecule has 15 atom stereocenters. The number of terminal acetylenes is 1. The number of hydrogen-bond acceptors (Lipinski definition) is 19. The van der Waals surface area contributed by atoms with Crippen LogP contribution in [0.3, 0.4) is 0 Å². The summed E-state index contributed by atoms with van der Waals surface area (Å²) >= 11 is 0. The molecule has 9 heterocycles. The number of methoxy groups -OCH3 is 3. The van der Waals surface area contributed by atoms with Crippen LogP contribution in [-0.2, 0) is 70.3 Å². The van der Waals surface area contributed by atoms with E-state index in [2.05, 4.69) is 141 Å². The first-order valence-corrected chi connectivity index (χ1v) is 36.3. The molecule has 2 spiro atoms. The number of fused-ring (bicyclic) bond motifs is 7. The summed E-state index contributed by atoms with van der Waals surface area (Å²) in [5.41, 5.74) is 1.46. The van der Waals surface area contributed by atoms with Gasteiger partial charge in [-0.15, -0.1) is 6.42 Å². The lowest BCUT2D eigenvalue weighted by Gasteiger charge is -2.64. The minimum absolute atomic E-state index is 0. The molecule has 2 aliphatic carbocycles. The SMILES string of the molecule is C.C#CC#CC#CC.CCC(=O)OC[C@@]1(O)[C@H](OC(C)=O)[C@]2(CC)C=CCN3CC[C@@]4(c5cc([C@@]6(C(=O)OC)C[C@@H]7C=C(CC)CN(CCc8c6[nH]c6ccccc86)C7)c(OC)cc5N(C)[C@@H]14)C32.CCC(=O)OC[C@@]1(O)[C@H](OC(C)=O)[C@]2(CC)C=CCN3CC[C@@]4(c5ccc(OC)cc5N(C)[C@@H]14)C32. The number of para-hydroxylation sites is 1. The summed E-state index contributed by atoms with van der Waals surface area (Å²) in [4.78, 5) is 81.6. The average Bonchev–Trinajstić information content (AvgIpc) is 1.51. The third-order valence-electron chi connectivity index (χ3n) is 24.7. The first kappa shape index (κ1) is 75.6. The van der Waals surface area contributed by atoms with E-state index in [1.807, 2.05) is 38.4 Å². The normalized spacial score (nSPS) is 32.5. The predicted molar refractivity (Wildman–Crippen MR) is 395 cm³/mol. The zero-order valence-corrected chi connectivity index (χ0v) is 61.5. The molecule has 8 aliphatic heterocycles. The number of aromatic nitrogens is 1. The second-order valence-corrected chi connectivity index (χ2v) is 29.4. The van der Waals surface area contributed by atoms with Crippen molar-refractivity contribution in [2.75, 3.05) is 104 Å². The molecule has 3 unspecified atom stereocenters. The van der Waals surface area contributed by atoms with Gasteiger partial charge in [-0.3, -0.25) is 38.7 Å². The van der Waals surface area contributed by atoms with Gasteiger partial charge >= 0.3 is 29.8 Å². The number of likely N-dealkylation sites (N-methyl/N-ethyl adjacent to an activating group) is 2. The number of aliphatic hydroxyl groups is 2. The molecule has 20 heteroatoms. The van der Waals surface area contributed by atoms with E-state index in [1.165, 1.54) is 26.5 Å². The summed E-state index contributed by atoms with van der Waals surface area (Å²) < 4.78 is 41.9. The molecule has 2 bridgehead atoms. The number of aromatic amines is 1. The third-order valence-corrected chi connectivity index (χ3v) is 24.7. The highest BCUT2D eigenvalue weighted by molar-refractivity contribution is 5.94. The summed E-state index contributed by atoms with van der Waals surface area (Å²) in [6, 6.07) is 17.3. The Labute approximate surface area is 607 Å². The Morgan fingerprint density at radius 1 is 0.689 bits per heavy atom.